The Morgan fingerprint density at radius 1 is 0.793 bits per heavy atom. The summed E-state index contributed by atoms with van der Waals surface area (Å²) in [6, 6.07) is 22.1. The van der Waals surface area contributed by atoms with Gasteiger partial charge in [0.25, 0.3) is 11.8 Å². The lowest BCUT2D eigenvalue weighted by Crippen LogP contribution is -2.29. The molecule has 0 spiro atoms. The van der Waals surface area contributed by atoms with Gasteiger partial charge in [-0.05, 0) is 28.8 Å². The molecule has 3 N–H and O–H groups in total. The number of amidine groups is 1. The third-order valence-corrected chi connectivity index (χ3v) is 4.89. The molecule has 0 saturated carbocycles. The Bertz CT molecular complexity index is 1090. The fraction of sp³-hybridized carbons (Fsp3) is 0.0417. The molecule has 142 valence electrons. The smallest absolute Gasteiger partial charge is 0.261 e. The Balaban J connectivity index is 1.44. The summed E-state index contributed by atoms with van der Waals surface area (Å²) in [6.45, 7) is 0.253. The highest BCUT2D eigenvalue weighted by Gasteiger charge is 2.34. The average molecular weight is 381 g/mol. The first-order chi connectivity index (χ1) is 14.0. The first-order valence-electron chi connectivity index (χ1n) is 9.19. The van der Waals surface area contributed by atoms with Gasteiger partial charge in [0, 0.05) is 5.56 Å². The molecule has 0 saturated heterocycles. The van der Waals surface area contributed by atoms with E-state index in [4.69, 9.17) is 11.1 Å². The number of carbonyl (C=O) groups is 2. The van der Waals surface area contributed by atoms with Crippen molar-refractivity contribution >= 4 is 29.8 Å². The molecule has 0 unspecified atom stereocenters. The third-order valence-electron chi connectivity index (χ3n) is 4.89. The Morgan fingerprint density at radius 3 is 1.76 bits per heavy atom. The number of imide groups is 1. The zero-order valence-electron chi connectivity index (χ0n) is 15.6. The van der Waals surface area contributed by atoms with Crippen molar-refractivity contribution in [3.63, 3.8) is 0 Å². The van der Waals surface area contributed by atoms with Crippen LogP contribution in [0.1, 0.15) is 43.0 Å². The van der Waals surface area contributed by atoms with Crippen LogP contribution in [-0.4, -0.2) is 22.5 Å². The van der Waals surface area contributed by atoms with Crippen molar-refractivity contribution in [3.05, 3.63) is 106 Å². The van der Waals surface area contributed by atoms with Gasteiger partial charge in [-0.2, -0.15) is 0 Å². The molecule has 3 aromatic carbocycles. The van der Waals surface area contributed by atoms with Crippen LogP contribution in [0.15, 0.2) is 72.8 Å². The number of nitrogens with zero attached hydrogens (tertiary/aromatic N) is 1. The lowest BCUT2D eigenvalue weighted by Gasteiger charge is -2.13. The minimum atomic E-state index is -0.247. The summed E-state index contributed by atoms with van der Waals surface area (Å²) in [5.41, 5.74) is 9.99. The van der Waals surface area contributed by atoms with Crippen LogP contribution in [0.3, 0.4) is 0 Å². The highest BCUT2D eigenvalue weighted by Crippen LogP contribution is 2.24. The first kappa shape index (κ1) is 18.4. The molecule has 5 heteroatoms. The van der Waals surface area contributed by atoms with Gasteiger partial charge in [0.05, 0.1) is 17.7 Å². The molecule has 0 aromatic heterocycles. The molecule has 2 amide bonds. The molecule has 1 heterocycles. The molecular weight excluding hydrogens is 362 g/mol. The molecule has 0 atom stereocenters. The maximum Gasteiger partial charge on any atom is 0.261 e. The zero-order chi connectivity index (χ0) is 20.4. The molecule has 0 aliphatic carbocycles. The van der Waals surface area contributed by atoms with Gasteiger partial charge in [0.1, 0.15) is 5.84 Å². The Labute approximate surface area is 168 Å². The van der Waals surface area contributed by atoms with Gasteiger partial charge in [-0.25, -0.2) is 0 Å². The third kappa shape index (κ3) is 3.71. The molecule has 29 heavy (non-hydrogen) atoms. The van der Waals surface area contributed by atoms with Gasteiger partial charge in [0.2, 0.25) is 0 Å². The second-order valence-electron chi connectivity index (χ2n) is 6.85. The van der Waals surface area contributed by atoms with E-state index in [1.165, 1.54) is 4.90 Å². The van der Waals surface area contributed by atoms with Crippen molar-refractivity contribution in [2.24, 2.45) is 5.73 Å². The maximum atomic E-state index is 12.5. The van der Waals surface area contributed by atoms with Crippen molar-refractivity contribution in [2.45, 2.75) is 6.54 Å². The predicted octanol–water partition coefficient (Wildman–Crippen LogP) is 3.94. The lowest BCUT2D eigenvalue weighted by molar-refractivity contribution is 0.0642. The topological polar surface area (TPSA) is 87.2 Å². The molecule has 5 nitrogen and oxygen atoms in total. The maximum absolute atomic E-state index is 12.5. The van der Waals surface area contributed by atoms with Crippen LogP contribution in [0.4, 0.5) is 0 Å². The van der Waals surface area contributed by atoms with E-state index >= 15 is 0 Å². The standard InChI is InChI=1S/C24H19N3O2/c25-22(26)19-13-11-17(12-14-19)6-5-16-7-9-18(10-8-16)15-27-23(28)20-3-1-2-4-21(20)24(27)29/h1-14H,15H2,(H3,25,26). The van der Waals surface area contributed by atoms with E-state index in [0.29, 0.717) is 16.7 Å². The Hall–Kier alpha value is -3.99. The second-order valence-corrected chi connectivity index (χ2v) is 6.85. The molecule has 1 aliphatic heterocycles. The van der Waals surface area contributed by atoms with E-state index in [-0.39, 0.29) is 24.2 Å². The number of fused-ring (bicyclic) bond motifs is 1. The van der Waals surface area contributed by atoms with E-state index in [1.807, 2.05) is 60.7 Å². The quantitative estimate of drug-likeness (QED) is 0.304. The number of hydrogen-bond acceptors (Lipinski definition) is 3. The van der Waals surface area contributed by atoms with Crippen molar-refractivity contribution in [2.75, 3.05) is 0 Å². The van der Waals surface area contributed by atoms with Crippen LogP contribution in [0.2, 0.25) is 0 Å². The zero-order valence-corrected chi connectivity index (χ0v) is 15.6. The molecule has 4 rings (SSSR count). The number of amides is 2. The van der Waals surface area contributed by atoms with Crippen LogP contribution in [0, 0.1) is 5.41 Å². The van der Waals surface area contributed by atoms with E-state index in [1.54, 1.807) is 24.3 Å². The Kier molecular flexibility index (Phi) is 4.79. The number of nitrogen functional groups attached to an aromatic ring is 1. The minimum Gasteiger partial charge on any atom is -0.384 e. The van der Waals surface area contributed by atoms with E-state index < -0.39 is 0 Å². The summed E-state index contributed by atoms with van der Waals surface area (Å²) >= 11 is 0. The van der Waals surface area contributed by atoms with Crippen LogP contribution in [-0.2, 0) is 6.54 Å². The van der Waals surface area contributed by atoms with Gasteiger partial charge in [-0.1, -0.05) is 72.8 Å². The van der Waals surface area contributed by atoms with E-state index in [2.05, 4.69) is 0 Å². The van der Waals surface area contributed by atoms with Gasteiger partial charge in [-0.3, -0.25) is 19.9 Å². The number of nitrogens with one attached hydrogen (secondary N) is 1. The van der Waals surface area contributed by atoms with Crippen molar-refractivity contribution in [1.29, 1.82) is 5.41 Å². The lowest BCUT2D eigenvalue weighted by atomic mass is 10.1. The van der Waals surface area contributed by atoms with Crippen molar-refractivity contribution < 1.29 is 9.59 Å². The van der Waals surface area contributed by atoms with Crippen LogP contribution < -0.4 is 5.73 Å². The largest absolute Gasteiger partial charge is 0.384 e. The highest BCUT2D eigenvalue weighted by atomic mass is 16.2. The molecule has 0 radical (unpaired) electrons. The summed E-state index contributed by atoms with van der Waals surface area (Å²) < 4.78 is 0. The highest BCUT2D eigenvalue weighted by molar-refractivity contribution is 6.21. The molecule has 1 aliphatic rings. The summed E-state index contributed by atoms with van der Waals surface area (Å²) in [5, 5.41) is 7.42. The molecular formula is C24H19N3O2. The van der Waals surface area contributed by atoms with E-state index in [9.17, 15) is 9.59 Å². The second kappa shape index (κ2) is 7.56. The number of carbonyl (C=O) groups excluding carboxylic acids is 2. The van der Waals surface area contributed by atoms with Gasteiger partial charge in [-0.15, -0.1) is 0 Å². The SMILES string of the molecule is N=C(N)c1ccc(C=Cc2ccc(CN3C(=O)c4ccccc4C3=O)cc2)cc1. The summed E-state index contributed by atoms with van der Waals surface area (Å²) in [7, 11) is 0. The minimum absolute atomic E-state index is 0.0502. The van der Waals surface area contributed by atoms with Crippen LogP contribution in [0.25, 0.3) is 12.2 Å². The summed E-state index contributed by atoms with van der Waals surface area (Å²) in [6.07, 6.45) is 3.96. The number of hydrogen-bond donors (Lipinski definition) is 2. The van der Waals surface area contributed by atoms with Gasteiger partial charge in [0.15, 0.2) is 0 Å². The normalized spacial score (nSPS) is 13.2. The van der Waals surface area contributed by atoms with Gasteiger partial charge < -0.3 is 5.73 Å². The fourth-order valence-electron chi connectivity index (χ4n) is 3.27. The van der Waals surface area contributed by atoms with E-state index in [0.717, 1.165) is 16.7 Å². The van der Waals surface area contributed by atoms with Crippen LogP contribution >= 0.6 is 0 Å². The number of nitrogens with two attached hydrogens (primary N) is 1. The predicted molar refractivity (Wildman–Crippen MR) is 113 cm³/mol. The van der Waals surface area contributed by atoms with Crippen LogP contribution in [0.5, 0.6) is 0 Å². The summed E-state index contributed by atoms with van der Waals surface area (Å²) in [4.78, 5) is 26.2. The van der Waals surface area contributed by atoms with Gasteiger partial charge >= 0.3 is 0 Å². The molecule has 3 aromatic rings. The number of rotatable bonds is 5. The molecule has 0 bridgehead atoms. The molecule has 0 fully saturated rings. The summed E-state index contributed by atoms with van der Waals surface area (Å²) in [5.74, 6) is -0.443. The fourth-order valence-corrected chi connectivity index (χ4v) is 3.27. The first-order valence-corrected chi connectivity index (χ1v) is 9.19. The number of benzene rings is 3. The van der Waals surface area contributed by atoms with Crippen molar-refractivity contribution in [1.82, 2.24) is 4.90 Å². The monoisotopic (exact) mass is 381 g/mol. The Morgan fingerprint density at radius 2 is 1.28 bits per heavy atom. The van der Waals surface area contributed by atoms with Crippen molar-refractivity contribution in [3.8, 4) is 0 Å². The average Bonchev–Trinajstić information content (AvgIpc) is 2.98.